The second kappa shape index (κ2) is 5.29. The minimum absolute atomic E-state index is 0.561. The van der Waals surface area contributed by atoms with Crippen LogP contribution in [0.4, 0.5) is 0 Å². The van der Waals surface area contributed by atoms with Crippen molar-refractivity contribution >= 4 is 18.4 Å². The summed E-state index contributed by atoms with van der Waals surface area (Å²) in [6.07, 6.45) is 0. The standard InChI is InChI=1S/C7H15N5/c1-6(2)11-12(5)7(8-3)10-9-4/h4H2,1-3,5H3,(H,8,10). The quantitative estimate of drug-likeness (QED) is 0.372. The van der Waals surface area contributed by atoms with Crippen molar-refractivity contribution in [2.45, 2.75) is 13.8 Å². The summed E-state index contributed by atoms with van der Waals surface area (Å²) in [5.74, 6) is 0.561. The third-order valence-electron chi connectivity index (χ3n) is 1.05. The van der Waals surface area contributed by atoms with E-state index < -0.39 is 0 Å². The third kappa shape index (κ3) is 3.70. The Hall–Kier alpha value is -1.39. The molecule has 1 N–H and O–H groups in total. The zero-order valence-electron chi connectivity index (χ0n) is 8.00. The first-order valence-corrected chi connectivity index (χ1v) is 3.58. The molecule has 0 aliphatic carbocycles. The Kier molecular flexibility index (Phi) is 4.67. The number of guanidine groups is 1. The topological polar surface area (TPSA) is 52.4 Å². The van der Waals surface area contributed by atoms with Crippen LogP contribution in [-0.2, 0) is 0 Å². The Balaban J connectivity index is 4.42. The van der Waals surface area contributed by atoms with Crippen LogP contribution in [0.25, 0.3) is 0 Å². The van der Waals surface area contributed by atoms with Crippen molar-refractivity contribution in [3.63, 3.8) is 0 Å². The van der Waals surface area contributed by atoms with Gasteiger partial charge in [-0.25, -0.2) is 5.01 Å². The lowest BCUT2D eigenvalue weighted by atomic mass is 10.5. The molecule has 0 radical (unpaired) electrons. The van der Waals surface area contributed by atoms with Crippen LogP contribution in [0, 0.1) is 0 Å². The maximum Gasteiger partial charge on any atom is 0.239 e. The van der Waals surface area contributed by atoms with Gasteiger partial charge in [-0.1, -0.05) is 0 Å². The van der Waals surface area contributed by atoms with Crippen LogP contribution in [0.15, 0.2) is 15.3 Å². The van der Waals surface area contributed by atoms with Crippen LogP contribution < -0.4 is 5.32 Å². The van der Waals surface area contributed by atoms with Crippen LogP contribution in [-0.4, -0.2) is 37.5 Å². The summed E-state index contributed by atoms with van der Waals surface area (Å²) in [6, 6.07) is 0. The van der Waals surface area contributed by atoms with Crippen LogP contribution in [0.2, 0.25) is 0 Å². The number of hydrazone groups is 1. The second-order valence-electron chi connectivity index (χ2n) is 2.39. The highest BCUT2D eigenvalue weighted by molar-refractivity contribution is 5.83. The molecule has 68 valence electrons. The van der Waals surface area contributed by atoms with Crippen LogP contribution in [0.3, 0.4) is 0 Å². The molecule has 0 aromatic carbocycles. The highest BCUT2D eigenvalue weighted by Gasteiger charge is 2.00. The molecule has 0 aromatic heterocycles. The van der Waals surface area contributed by atoms with E-state index in [1.54, 1.807) is 19.1 Å². The highest BCUT2D eigenvalue weighted by Crippen LogP contribution is 1.88. The van der Waals surface area contributed by atoms with Crippen molar-refractivity contribution in [1.82, 2.24) is 10.3 Å². The van der Waals surface area contributed by atoms with Crippen molar-refractivity contribution in [2.24, 2.45) is 15.3 Å². The zero-order chi connectivity index (χ0) is 9.56. The summed E-state index contributed by atoms with van der Waals surface area (Å²) < 4.78 is 0. The van der Waals surface area contributed by atoms with E-state index in [0.717, 1.165) is 5.71 Å². The summed E-state index contributed by atoms with van der Waals surface area (Å²) >= 11 is 0. The molecule has 0 aromatic rings. The lowest BCUT2D eigenvalue weighted by molar-refractivity contribution is 0.521. The number of nitrogens with zero attached hydrogens (tertiary/aromatic N) is 4. The second-order valence-corrected chi connectivity index (χ2v) is 2.39. The Morgan fingerprint density at radius 1 is 1.42 bits per heavy atom. The van der Waals surface area contributed by atoms with E-state index in [2.05, 4.69) is 27.3 Å². The Morgan fingerprint density at radius 3 is 2.33 bits per heavy atom. The van der Waals surface area contributed by atoms with Gasteiger partial charge in [0.2, 0.25) is 5.96 Å². The fourth-order valence-corrected chi connectivity index (χ4v) is 0.691. The van der Waals surface area contributed by atoms with Gasteiger partial charge in [0.25, 0.3) is 0 Å². The molecule has 0 saturated carbocycles. The molecular weight excluding hydrogens is 154 g/mol. The van der Waals surface area contributed by atoms with E-state index in [-0.39, 0.29) is 0 Å². The Bertz CT molecular complexity index is 202. The van der Waals surface area contributed by atoms with Gasteiger partial charge < -0.3 is 5.32 Å². The van der Waals surface area contributed by atoms with Gasteiger partial charge in [0, 0.05) is 26.5 Å². The number of hydrogen-bond acceptors (Lipinski definition) is 3. The first-order chi connectivity index (χ1) is 5.61. The van der Waals surface area contributed by atoms with Crippen LogP contribution in [0.5, 0.6) is 0 Å². The maximum atomic E-state index is 4.14. The van der Waals surface area contributed by atoms with Gasteiger partial charge >= 0.3 is 0 Å². The molecule has 12 heavy (non-hydrogen) atoms. The average molecular weight is 169 g/mol. The van der Waals surface area contributed by atoms with Crippen molar-refractivity contribution in [1.29, 1.82) is 0 Å². The molecule has 0 atom stereocenters. The third-order valence-corrected chi connectivity index (χ3v) is 1.05. The predicted molar refractivity (Wildman–Crippen MR) is 52.6 cm³/mol. The number of hydrogen-bond donors (Lipinski definition) is 1. The lowest BCUT2D eigenvalue weighted by Crippen LogP contribution is -2.33. The smallest absolute Gasteiger partial charge is 0.239 e. The summed E-state index contributed by atoms with van der Waals surface area (Å²) in [5, 5.41) is 15.7. The molecule has 0 aliphatic rings. The summed E-state index contributed by atoms with van der Waals surface area (Å²) in [6.45, 7) is 7.07. The van der Waals surface area contributed by atoms with E-state index in [1.165, 1.54) is 0 Å². The largest absolute Gasteiger partial charge is 0.356 e. The molecule has 0 unspecified atom stereocenters. The van der Waals surface area contributed by atoms with Gasteiger partial charge in [-0.05, 0) is 13.8 Å². The van der Waals surface area contributed by atoms with Crippen molar-refractivity contribution < 1.29 is 0 Å². The first kappa shape index (κ1) is 10.6. The van der Waals surface area contributed by atoms with E-state index in [1.807, 2.05) is 13.8 Å². The van der Waals surface area contributed by atoms with Gasteiger partial charge in [-0.15, -0.1) is 5.10 Å². The van der Waals surface area contributed by atoms with E-state index in [4.69, 9.17) is 0 Å². The van der Waals surface area contributed by atoms with Crippen molar-refractivity contribution in [3.05, 3.63) is 0 Å². The molecule has 0 rings (SSSR count). The maximum absolute atomic E-state index is 4.14. The zero-order valence-corrected chi connectivity index (χ0v) is 8.00. The van der Waals surface area contributed by atoms with E-state index in [0.29, 0.717) is 5.96 Å². The van der Waals surface area contributed by atoms with Gasteiger partial charge in [0.1, 0.15) is 0 Å². The van der Waals surface area contributed by atoms with Crippen molar-refractivity contribution in [3.8, 4) is 0 Å². The highest BCUT2D eigenvalue weighted by atomic mass is 15.5. The van der Waals surface area contributed by atoms with Gasteiger partial charge in [-0.2, -0.15) is 10.2 Å². The van der Waals surface area contributed by atoms with E-state index >= 15 is 0 Å². The van der Waals surface area contributed by atoms with Crippen LogP contribution >= 0.6 is 0 Å². The molecule has 0 amide bonds. The molecule has 0 fully saturated rings. The number of rotatable bonds is 2. The molecule has 0 heterocycles. The molecule has 0 saturated heterocycles. The fourth-order valence-electron chi connectivity index (χ4n) is 0.691. The minimum atomic E-state index is 0.561. The predicted octanol–water partition coefficient (Wildman–Crippen LogP) is 0.505. The van der Waals surface area contributed by atoms with Crippen molar-refractivity contribution in [2.75, 3.05) is 14.1 Å². The Labute approximate surface area is 72.9 Å². The fraction of sp³-hybridized carbons (Fsp3) is 0.571. The van der Waals surface area contributed by atoms with Gasteiger partial charge in [0.05, 0.1) is 0 Å². The molecule has 0 spiro atoms. The Morgan fingerprint density at radius 2 is 2.00 bits per heavy atom. The van der Waals surface area contributed by atoms with Gasteiger partial charge in [0.15, 0.2) is 0 Å². The molecule has 5 nitrogen and oxygen atoms in total. The molecule has 0 bridgehead atoms. The summed E-state index contributed by atoms with van der Waals surface area (Å²) in [5.41, 5.74) is 0.949. The minimum Gasteiger partial charge on any atom is -0.356 e. The summed E-state index contributed by atoms with van der Waals surface area (Å²) in [4.78, 5) is 0. The van der Waals surface area contributed by atoms with E-state index in [9.17, 15) is 0 Å². The monoisotopic (exact) mass is 169 g/mol. The van der Waals surface area contributed by atoms with Gasteiger partial charge in [-0.3, -0.25) is 0 Å². The lowest BCUT2D eigenvalue weighted by Gasteiger charge is -2.13. The molecular formula is C7H15N5. The van der Waals surface area contributed by atoms with Crippen LogP contribution in [0.1, 0.15) is 13.8 Å². The average Bonchev–Trinajstić information content (AvgIpc) is 1.98. The summed E-state index contributed by atoms with van der Waals surface area (Å²) in [7, 11) is 3.54. The first-order valence-electron chi connectivity index (χ1n) is 3.58. The molecule has 5 heteroatoms. The molecule has 0 aliphatic heterocycles. The normalized spacial score (nSPS) is 10.5. The number of nitrogens with one attached hydrogen (secondary N) is 1. The SMILES string of the molecule is C=N/N=C(\NC)N(C)N=C(C)C.